The Morgan fingerprint density at radius 3 is 2.49 bits per heavy atom. The highest BCUT2D eigenvalue weighted by Crippen LogP contribution is 2.38. The number of nitrogens with zero attached hydrogens (tertiary/aromatic N) is 2. The molecular weight excluding hydrogens is 658 g/mol. The van der Waals surface area contributed by atoms with E-state index in [0.29, 0.717) is 64.9 Å². The monoisotopic (exact) mass is 687 g/mol. The molecule has 1 N–H and O–H groups in total. The third-order valence-electron chi connectivity index (χ3n) is 7.23. The molecule has 0 spiro atoms. The zero-order chi connectivity index (χ0) is 32.2. The minimum atomic E-state index is -0.798. The van der Waals surface area contributed by atoms with Crippen molar-refractivity contribution in [3.05, 3.63) is 107 Å². The standard InChI is InChI=1S/C34H30BrN3O6S/c1-7-14-44-31-23(35)15-21(16-27(31)43-6)17-28-33(40)38-30(22-12-13-25(41-4)26(18-22)42-5)29(20(3)36-34(38)45-28)32(39)37-24-11-9-8-10-19(24)2/h1,8-13,15-18,30H,14H2,2-6H3,(H,37,39)/b28-17-/t30-/m0/s1. The molecule has 11 heteroatoms. The third-order valence-corrected chi connectivity index (χ3v) is 8.80. The number of aromatic nitrogens is 1. The van der Waals surface area contributed by atoms with Gasteiger partial charge in [-0.3, -0.25) is 14.2 Å². The maximum absolute atomic E-state index is 14.2. The lowest BCUT2D eigenvalue weighted by molar-refractivity contribution is -0.113. The molecular formula is C34H30BrN3O6S. The third kappa shape index (κ3) is 6.25. The Morgan fingerprint density at radius 1 is 1.07 bits per heavy atom. The van der Waals surface area contributed by atoms with Crippen LogP contribution in [-0.2, 0) is 4.79 Å². The highest BCUT2D eigenvalue weighted by Gasteiger charge is 2.33. The number of anilines is 1. The fourth-order valence-electron chi connectivity index (χ4n) is 5.08. The molecule has 1 amide bonds. The number of hydrogen-bond donors (Lipinski definition) is 1. The molecule has 0 radical (unpaired) electrons. The van der Waals surface area contributed by atoms with E-state index in [4.69, 9.17) is 30.4 Å². The van der Waals surface area contributed by atoms with Gasteiger partial charge in [0.1, 0.15) is 6.61 Å². The second kappa shape index (κ2) is 13.5. The summed E-state index contributed by atoms with van der Waals surface area (Å²) in [4.78, 5) is 33.4. The van der Waals surface area contributed by atoms with Crippen molar-refractivity contribution in [3.8, 4) is 35.3 Å². The number of nitrogens with one attached hydrogen (secondary N) is 1. The van der Waals surface area contributed by atoms with Crippen LogP contribution in [0.1, 0.15) is 29.7 Å². The van der Waals surface area contributed by atoms with Crippen molar-refractivity contribution in [2.75, 3.05) is 33.3 Å². The van der Waals surface area contributed by atoms with E-state index in [-0.39, 0.29) is 18.1 Å². The summed E-state index contributed by atoms with van der Waals surface area (Å²) in [5.74, 6) is 3.98. The summed E-state index contributed by atoms with van der Waals surface area (Å²) in [5, 5.41) is 3.02. The molecule has 1 aliphatic heterocycles. The van der Waals surface area contributed by atoms with Crippen LogP contribution in [-0.4, -0.2) is 38.4 Å². The Kier molecular flexibility index (Phi) is 9.46. The van der Waals surface area contributed by atoms with Crippen LogP contribution in [0.4, 0.5) is 5.69 Å². The Labute approximate surface area is 272 Å². The van der Waals surface area contributed by atoms with Gasteiger partial charge in [0.25, 0.3) is 11.5 Å². The van der Waals surface area contributed by atoms with Crippen molar-refractivity contribution in [2.45, 2.75) is 19.9 Å². The first-order chi connectivity index (χ1) is 21.7. The Bertz CT molecular complexity index is 2060. The lowest BCUT2D eigenvalue weighted by Crippen LogP contribution is -2.40. The molecule has 5 rings (SSSR count). The molecule has 0 unspecified atom stereocenters. The molecule has 3 aromatic carbocycles. The maximum atomic E-state index is 14.2. The minimum absolute atomic E-state index is 0.0716. The number of thiazole rings is 1. The summed E-state index contributed by atoms with van der Waals surface area (Å²) < 4.78 is 24.8. The predicted octanol–water partition coefficient (Wildman–Crippen LogP) is 4.98. The van der Waals surface area contributed by atoms with E-state index in [0.717, 1.165) is 5.56 Å². The number of benzene rings is 3. The second-order valence-electron chi connectivity index (χ2n) is 9.99. The second-order valence-corrected chi connectivity index (χ2v) is 11.9. The number of halogens is 1. The van der Waals surface area contributed by atoms with Gasteiger partial charge < -0.3 is 24.3 Å². The number of rotatable bonds is 9. The molecule has 4 aromatic rings. The van der Waals surface area contributed by atoms with Crippen LogP contribution in [0.25, 0.3) is 6.08 Å². The summed E-state index contributed by atoms with van der Waals surface area (Å²) in [6.07, 6.45) is 7.11. The highest BCUT2D eigenvalue weighted by molar-refractivity contribution is 9.10. The lowest BCUT2D eigenvalue weighted by Gasteiger charge is -2.26. The van der Waals surface area contributed by atoms with Gasteiger partial charge in [0.2, 0.25) is 0 Å². The molecule has 0 saturated carbocycles. The van der Waals surface area contributed by atoms with Gasteiger partial charge in [0.15, 0.2) is 27.8 Å². The quantitative estimate of drug-likeness (QED) is 0.249. The normalized spacial score (nSPS) is 14.2. The van der Waals surface area contributed by atoms with Crippen LogP contribution < -0.4 is 39.2 Å². The number of terminal acetylenes is 1. The van der Waals surface area contributed by atoms with Crippen LogP contribution in [0.15, 0.2) is 80.1 Å². The average molecular weight is 689 g/mol. The van der Waals surface area contributed by atoms with E-state index in [1.54, 1.807) is 42.9 Å². The summed E-state index contributed by atoms with van der Waals surface area (Å²) in [5.41, 5.74) is 3.44. The molecule has 45 heavy (non-hydrogen) atoms. The van der Waals surface area contributed by atoms with Crippen LogP contribution in [0.2, 0.25) is 0 Å². The molecule has 0 aliphatic carbocycles. The zero-order valence-electron chi connectivity index (χ0n) is 25.3. The number of hydrogen-bond acceptors (Lipinski definition) is 8. The summed E-state index contributed by atoms with van der Waals surface area (Å²) in [6.45, 7) is 3.76. The molecule has 2 heterocycles. The number of ether oxygens (including phenoxy) is 4. The number of aryl methyl sites for hydroxylation is 1. The SMILES string of the molecule is C#CCOc1c(Br)cc(/C=c2\sc3n(c2=O)[C@@H](c2ccc(OC)c(OC)c2)C(C(=O)Nc2ccccc2C)=C(C)N=3)cc1OC. The van der Waals surface area contributed by atoms with Gasteiger partial charge in [0, 0.05) is 5.69 Å². The smallest absolute Gasteiger partial charge is 0.271 e. The number of methoxy groups -OCH3 is 3. The minimum Gasteiger partial charge on any atom is -0.493 e. The molecule has 0 fully saturated rings. The van der Waals surface area contributed by atoms with E-state index in [9.17, 15) is 9.59 Å². The van der Waals surface area contributed by atoms with Gasteiger partial charge in [0.05, 0.1) is 47.6 Å². The van der Waals surface area contributed by atoms with Gasteiger partial charge in [-0.1, -0.05) is 41.5 Å². The number of allylic oxidation sites excluding steroid dienone is 1. The average Bonchev–Trinajstić information content (AvgIpc) is 3.33. The first kappa shape index (κ1) is 31.6. The van der Waals surface area contributed by atoms with E-state index in [2.05, 4.69) is 27.2 Å². The summed E-state index contributed by atoms with van der Waals surface area (Å²) >= 11 is 4.75. The summed E-state index contributed by atoms with van der Waals surface area (Å²) in [7, 11) is 4.61. The van der Waals surface area contributed by atoms with Crippen molar-refractivity contribution < 1.29 is 23.7 Å². The van der Waals surface area contributed by atoms with Gasteiger partial charge in [-0.25, -0.2) is 4.99 Å². The van der Waals surface area contributed by atoms with Gasteiger partial charge >= 0.3 is 0 Å². The molecule has 0 saturated heterocycles. The fraction of sp³-hybridized carbons (Fsp3) is 0.206. The number of carbonyl (C=O) groups excluding carboxylic acids is 1. The zero-order valence-corrected chi connectivity index (χ0v) is 27.7. The van der Waals surface area contributed by atoms with Crippen molar-refractivity contribution >= 4 is 44.9 Å². The van der Waals surface area contributed by atoms with E-state index >= 15 is 0 Å². The van der Waals surface area contributed by atoms with Crippen molar-refractivity contribution in [2.24, 2.45) is 4.99 Å². The maximum Gasteiger partial charge on any atom is 0.271 e. The van der Waals surface area contributed by atoms with Gasteiger partial charge in [-0.15, -0.1) is 6.42 Å². The lowest BCUT2D eigenvalue weighted by atomic mass is 9.94. The number of fused-ring (bicyclic) bond motifs is 1. The van der Waals surface area contributed by atoms with Crippen LogP contribution in [0.5, 0.6) is 23.0 Å². The molecule has 1 atom stereocenters. The van der Waals surface area contributed by atoms with E-state index in [1.807, 2.05) is 43.3 Å². The molecule has 1 aliphatic rings. The predicted molar refractivity (Wildman–Crippen MR) is 178 cm³/mol. The van der Waals surface area contributed by atoms with Crippen LogP contribution >= 0.6 is 27.3 Å². The Morgan fingerprint density at radius 2 is 1.80 bits per heavy atom. The molecule has 1 aromatic heterocycles. The first-order valence-corrected chi connectivity index (χ1v) is 15.4. The first-order valence-electron chi connectivity index (χ1n) is 13.8. The van der Waals surface area contributed by atoms with Crippen molar-refractivity contribution in [3.63, 3.8) is 0 Å². The number of carbonyl (C=O) groups is 1. The van der Waals surface area contributed by atoms with Gasteiger partial charge in [-0.2, -0.15) is 0 Å². The van der Waals surface area contributed by atoms with E-state index < -0.39 is 6.04 Å². The Hall–Kier alpha value is -4.79. The topological polar surface area (TPSA) is 100 Å². The van der Waals surface area contributed by atoms with Crippen LogP contribution in [0.3, 0.4) is 0 Å². The highest BCUT2D eigenvalue weighted by atomic mass is 79.9. The fourth-order valence-corrected chi connectivity index (χ4v) is 6.70. The van der Waals surface area contributed by atoms with Gasteiger partial charge in [-0.05, 0) is 82.9 Å². The molecule has 0 bridgehead atoms. The molecule has 9 nitrogen and oxygen atoms in total. The summed E-state index contributed by atoms with van der Waals surface area (Å²) in [6, 6.07) is 15.6. The van der Waals surface area contributed by atoms with Crippen molar-refractivity contribution in [1.29, 1.82) is 0 Å². The van der Waals surface area contributed by atoms with Crippen LogP contribution in [0, 0.1) is 19.3 Å². The van der Waals surface area contributed by atoms with E-state index in [1.165, 1.54) is 25.6 Å². The largest absolute Gasteiger partial charge is 0.493 e. The van der Waals surface area contributed by atoms with Crippen molar-refractivity contribution in [1.82, 2.24) is 4.57 Å². The number of para-hydroxylation sites is 1. The number of amides is 1. The molecule has 230 valence electrons. The Balaban J connectivity index is 1.68.